The summed E-state index contributed by atoms with van der Waals surface area (Å²) in [6.07, 6.45) is 95.9. The van der Waals surface area contributed by atoms with Gasteiger partial charge in [-0.15, -0.1) is 0 Å². The Morgan fingerprint density at radius 1 is 0.419 bits per heavy atom. The second-order valence-corrected chi connectivity index (χ2v) is 27.7. The van der Waals surface area contributed by atoms with Gasteiger partial charge >= 0.3 is 0 Å². The van der Waals surface area contributed by atoms with Crippen LogP contribution in [0.1, 0.15) is 348 Å². The van der Waals surface area contributed by atoms with E-state index in [0.29, 0.717) is 17.4 Å². The van der Waals surface area contributed by atoms with Gasteiger partial charge in [-0.3, -0.25) is 9.36 Å². The third kappa shape index (κ3) is 69.2. The second kappa shape index (κ2) is 67.1. The lowest BCUT2D eigenvalue weighted by atomic mass is 10.0. The van der Waals surface area contributed by atoms with Crippen molar-refractivity contribution in [1.29, 1.82) is 0 Å². The summed E-state index contributed by atoms with van der Waals surface area (Å²) < 4.78 is 23.5. The first kappa shape index (κ1) is 83.7. The number of quaternary nitrogens is 1. The Bertz CT molecular complexity index is 1680. The molecule has 3 unspecified atom stereocenters. The minimum absolute atomic E-state index is 0.00981. The molecular weight excluding hydrogens is 1080 g/mol. The van der Waals surface area contributed by atoms with E-state index in [2.05, 4.69) is 92.1 Å². The molecule has 0 aliphatic heterocycles. The minimum Gasteiger partial charge on any atom is -0.756 e. The lowest BCUT2D eigenvalue weighted by Gasteiger charge is -2.29. The van der Waals surface area contributed by atoms with Crippen LogP contribution in [-0.4, -0.2) is 68.5 Å². The number of nitrogens with one attached hydrogen (secondary N) is 1. The fourth-order valence-electron chi connectivity index (χ4n) is 10.9. The lowest BCUT2D eigenvalue weighted by Crippen LogP contribution is -2.45. The molecular formula is C77H143N2O6P. The van der Waals surface area contributed by atoms with E-state index in [4.69, 9.17) is 9.05 Å². The van der Waals surface area contributed by atoms with E-state index in [-0.39, 0.29) is 12.5 Å². The number of amides is 1. The quantitative estimate of drug-likeness (QED) is 0.0272. The molecule has 502 valence electrons. The van der Waals surface area contributed by atoms with Gasteiger partial charge in [0, 0.05) is 6.42 Å². The maximum absolute atomic E-state index is 13.0. The summed E-state index contributed by atoms with van der Waals surface area (Å²) in [6.45, 7) is 4.55. The van der Waals surface area contributed by atoms with Crippen molar-refractivity contribution in [2.24, 2.45) is 0 Å². The van der Waals surface area contributed by atoms with Gasteiger partial charge < -0.3 is 28.8 Å². The Morgan fingerprint density at radius 2 is 0.721 bits per heavy atom. The fourth-order valence-corrected chi connectivity index (χ4v) is 11.6. The van der Waals surface area contributed by atoms with Crippen molar-refractivity contribution in [2.75, 3.05) is 40.9 Å². The Kier molecular flexibility index (Phi) is 65.3. The third-order valence-electron chi connectivity index (χ3n) is 16.6. The number of hydrogen-bond acceptors (Lipinski definition) is 6. The number of phosphoric acid groups is 1. The molecule has 0 aromatic heterocycles. The largest absolute Gasteiger partial charge is 0.756 e. The highest BCUT2D eigenvalue weighted by Gasteiger charge is 2.23. The molecule has 0 aliphatic rings. The minimum atomic E-state index is -4.62. The zero-order valence-corrected chi connectivity index (χ0v) is 58.4. The van der Waals surface area contributed by atoms with Crippen molar-refractivity contribution in [1.82, 2.24) is 5.32 Å². The molecule has 0 spiro atoms. The van der Waals surface area contributed by atoms with Crippen molar-refractivity contribution in [3.8, 4) is 0 Å². The van der Waals surface area contributed by atoms with Crippen LogP contribution in [0.4, 0.5) is 0 Å². The zero-order chi connectivity index (χ0) is 62.6. The molecule has 0 aromatic carbocycles. The molecule has 86 heavy (non-hydrogen) atoms. The Hall–Kier alpha value is -2.32. The zero-order valence-electron chi connectivity index (χ0n) is 57.5. The third-order valence-corrected chi connectivity index (χ3v) is 17.5. The molecule has 1 amide bonds. The molecule has 8 nitrogen and oxygen atoms in total. The molecule has 0 rings (SSSR count). The highest BCUT2D eigenvalue weighted by Crippen LogP contribution is 2.38. The summed E-state index contributed by atoms with van der Waals surface area (Å²) in [6, 6.07) is -0.914. The standard InChI is InChI=1S/C77H143N2O6P/c1-6-8-10-12-14-16-18-20-22-24-26-28-30-32-34-36-37-38-39-40-41-43-45-47-49-51-53-55-57-59-61-63-65-67-69-71-77(81)78-75(74-85-86(82,83)84-73-72-79(3,4)5)76(80)70-68-66-64-62-60-58-56-54-52-50-48-46-44-42-35-33-31-29-27-25-23-21-19-17-15-13-11-9-7-2/h8,10,14,16,20,22,26,28,52,54,60,62,68,70,75-76,80H,6-7,9,11-13,15,17-19,21,23-25,27,29-51,53,55-59,61,63-67,69,71-74H2,1-5H3,(H-,78,81,82,83)/b10-8-,16-14-,22-20-,28-26-,54-52+,62-60+,70-68+. The summed E-state index contributed by atoms with van der Waals surface area (Å²) in [5, 5.41) is 14.0. The smallest absolute Gasteiger partial charge is 0.268 e. The molecule has 2 N–H and O–H groups in total. The van der Waals surface area contributed by atoms with E-state index < -0.39 is 26.6 Å². The van der Waals surface area contributed by atoms with Crippen LogP contribution in [0.25, 0.3) is 0 Å². The summed E-state index contributed by atoms with van der Waals surface area (Å²) in [5.41, 5.74) is 0. The van der Waals surface area contributed by atoms with Crippen LogP contribution in [0.2, 0.25) is 0 Å². The highest BCUT2D eigenvalue weighted by molar-refractivity contribution is 7.45. The number of allylic oxidation sites excluding steroid dienone is 13. The van der Waals surface area contributed by atoms with E-state index in [0.717, 1.165) is 70.6 Å². The number of nitrogens with zero attached hydrogens (tertiary/aromatic N) is 1. The van der Waals surface area contributed by atoms with E-state index in [1.54, 1.807) is 6.08 Å². The van der Waals surface area contributed by atoms with Gasteiger partial charge in [0.15, 0.2) is 0 Å². The number of phosphoric ester groups is 1. The average Bonchev–Trinajstić information content (AvgIpc) is 3.70. The number of hydrogen-bond donors (Lipinski definition) is 2. The first-order valence-corrected chi connectivity index (χ1v) is 38.4. The van der Waals surface area contributed by atoms with Crippen molar-refractivity contribution in [2.45, 2.75) is 360 Å². The average molecular weight is 1220 g/mol. The molecule has 0 bridgehead atoms. The molecule has 0 heterocycles. The van der Waals surface area contributed by atoms with Gasteiger partial charge in [0.25, 0.3) is 7.82 Å². The fraction of sp³-hybridized carbons (Fsp3) is 0.805. The molecule has 0 fully saturated rings. The van der Waals surface area contributed by atoms with Crippen LogP contribution in [0.5, 0.6) is 0 Å². The Morgan fingerprint density at radius 3 is 1.08 bits per heavy atom. The van der Waals surface area contributed by atoms with E-state index in [9.17, 15) is 19.4 Å². The second-order valence-electron chi connectivity index (χ2n) is 26.3. The maximum atomic E-state index is 13.0. The van der Waals surface area contributed by atoms with Crippen LogP contribution in [-0.2, 0) is 18.4 Å². The van der Waals surface area contributed by atoms with Gasteiger partial charge in [0.1, 0.15) is 13.2 Å². The van der Waals surface area contributed by atoms with Gasteiger partial charge in [-0.1, -0.05) is 343 Å². The van der Waals surface area contributed by atoms with Crippen molar-refractivity contribution >= 4 is 13.7 Å². The van der Waals surface area contributed by atoms with Crippen molar-refractivity contribution in [3.63, 3.8) is 0 Å². The van der Waals surface area contributed by atoms with Gasteiger partial charge in [-0.25, -0.2) is 0 Å². The molecule has 3 atom stereocenters. The molecule has 9 heteroatoms. The van der Waals surface area contributed by atoms with Crippen LogP contribution in [0.15, 0.2) is 85.1 Å². The summed E-state index contributed by atoms with van der Waals surface area (Å²) in [7, 11) is 1.24. The Labute approximate surface area is 535 Å². The van der Waals surface area contributed by atoms with Gasteiger partial charge in [-0.05, 0) is 83.5 Å². The van der Waals surface area contributed by atoms with Crippen molar-refractivity contribution < 1.29 is 32.9 Å². The number of aliphatic hydroxyl groups excluding tert-OH is 1. The number of unbranched alkanes of at least 4 members (excludes halogenated alkanes) is 43. The topological polar surface area (TPSA) is 108 Å². The van der Waals surface area contributed by atoms with Gasteiger partial charge in [-0.2, -0.15) is 0 Å². The van der Waals surface area contributed by atoms with E-state index in [1.165, 1.54) is 257 Å². The molecule has 0 saturated carbocycles. The summed E-state index contributed by atoms with van der Waals surface area (Å²) in [4.78, 5) is 25.7. The van der Waals surface area contributed by atoms with Gasteiger partial charge in [0.05, 0.1) is 39.9 Å². The number of aliphatic hydroxyl groups is 1. The number of carbonyl (C=O) groups excluding carboxylic acids is 1. The maximum Gasteiger partial charge on any atom is 0.268 e. The first-order valence-electron chi connectivity index (χ1n) is 36.9. The van der Waals surface area contributed by atoms with Crippen LogP contribution in [0.3, 0.4) is 0 Å². The first-order chi connectivity index (χ1) is 42.0. The van der Waals surface area contributed by atoms with Gasteiger partial charge in [0.2, 0.25) is 5.91 Å². The highest BCUT2D eigenvalue weighted by atomic mass is 31.2. The molecule has 0 radical (unpaired) electrons. The SMILES string of the molecule is CC/C=C\C/C=C\C/C=C\C/C=C\CCCCCCCCCCCCCCCCCCCCCCCCC(=O)NC(COP(=O)([O-])OCC[N+](C)(C)C)C(O)/C=C/CC/C=C/CC/C=C/CCCCCCCCCCCCCCCCCCCCC. The normalized spacial score (nSPS) is 14.1. The monoisotopic (exact) mass is 1220 g/mol. The molecule has 0 aromatic rings. The molecule has 0 aliphatic carbocycles. The van der Waals surface area contributed by atoms with E-state index in [1.807, 2.05) is 27.2 Å². The Balaban J connectivity index is 4.06. The molecule has 0 saturated heterocycles. The number of rotatable bonds is 68. The lowest BCUT2D eigenvalue weighted by molar-refractivity contribution is -0.870. The summed E-state index contributed by atoms with van der Waals surface area (Å²) in [5.74, 6) is -0.207. The van der Waals surface area contributed by atoms with Crippen LogP contribution in [0, 0.1) is 0 Å². The predicted molar refractivity (Wildman–Crippen MR) is 376 cm³/mol. The summed E-state index contributed by atoms with van der Waals surface area (Å²) >= 11 is 0. The van der Waals surface area contributed by atoms with Crippen LogP contribution < -0.4 is 10.2 Å². The predicted octanol–water partition coefficient (Wildman–Crippen LogP) is 23.3. The van der Waals surface area contributed by atoms with E-state index >= 15 is 0 Å². The van der Waals surface area contributed by atoms with Crippen LogP contribution >= 0.6 is 7.82 Å². The van der Waals surface area contributed by atoms with Crippen molar-refractivity contribution in [3.05, 3.63) is 85.1 Å². The number of carbonyl (C=O) groups is 1. The number of likely N-dealkylation sites (N-methyl/N-ethyl adjacent to an activating group) is 1.